The minimum Gasteiger partial charge on any atom is -0.338 e. The molecule has 1 fully saturated rings. The van der Waals surface area contributed by atoms with Gasteiger partial charge in [-0.1, -0.05) is 0 Å². The molecule has 2 rings (SSSR count). The summed E-state index contributed by atoms with van der Waals surface area (Å²) in [5.41, 5.74) is 6.65. The number of nitrogens with two attached hydrogens (primary N) is 1. The molecule has 1 amide bonds. The predicted molar refractivity (Wildman–Crippen MR) is 69.2 cm³/mol. The van der Waals surface area contributed by atoms with E-state index in [1.165, 1.54) is 0 Å². The Labute approximate surface area is 106 Å². The smallest absolute Gasteiger partial charge is 0.254 e. The molecule has 3 nitrogen and oxygen atoms in total. The fourth-order valence-corrected chi connectivity index (χ4v) is 2.60. The highest BCUT2D eigenvalue weighted by Crippen LogP contribution is 2.21. The third-order valence-electron chi connectivity index (χ3n) is 3.02. The number of carbonyl (C=O) groups excluding carboxylic acids is 1. The van der Waals surface area contributed by atoms with Crippen molar-refractivity contribution in [1.29, 1.82) is 0 Å². The molecule has 1 aromatic rings. The summed E-state index contributed by atoms with van der Waals surface area (Å²) < 4.78 is 0. The molecule has 0 bridgehead atoms. The zero-order valence-corrected chi connectivity index (χ0v) is 10.9. The van der Waals surface area contributed by atoms with E-state index in [0.717, 1.165) is 25.1 Å². The van der Waals surface area contributed by atoms with Gasteiger partial charge in [0.2, 0.25) is 0 Å². The van der Waals surface area contributed by atoms with E-state index in [0.29, 0.717) is 5.92 Å². The lowest BCUT2D eigenvalue weighted by Crippen LogP contribution is -2.32. The summed E-state index contributed by atoms with van der Waals surface area (Å²) in [6, 6.07) is 2.07. The molecule has 5 heteroatoms. The standard InChI is InChI=1S/C11H16N2OS.ClH/c1-8(12)9-2-4-13(6-9)11(14)10-3-5-15-7-10;/h3,5,7-9H,2,4,6,12H2,1H3;1H. The summed E-state index contributed by atoms with van der Waals surface area (Å²) in [7, 11) is 0. The second kappa shape index (κ2) is 5.66. The van der Waals surface area contributed by atoms with Crippen LogP contribution in [0, 0.1) is 5.92 Å². The van der Waals surface area contributed by atoms with E-state index < -0.39 is 0 Å². The average Bonchev–Trinajstić information content (AvgIpc) is 2.88. The lowest BCUT2D eigenvalue weighted by Gasteiger charge is -2.17. The molecule has 0 spiro atoms. The molecule has 2 N–H and O–H groups in total. The van der Waals surface area contributed by atoms with Crippen molar-refractivity contribution >= 4 is 29.7 Å². The van der Waals surface area contributed by atoms with E-state index in [2.05, 4.69) is 0 Å². The van der Waals surface area contributed by atoms with E-state index in [1.807, 2.05) is 28.7 Å². The van der Waals surface area contributed by atoms with Gasteiger partial charge in [-0.25, -0.2) is 0 Å². The van der Waals surface area contributed by atoms with Crippen LogP contribution < -0.4 is 5.73 Å². The zero-order valence-electron chi connectivity index (χ0n) is 9.26. The van der Waals surface area contributed by atoms with E-state index >= 15 is 0 Å². The van der Waals surface area contributed by atoms with Crippen LogP contribution in [0.15, 0.2) is 16.8 Å². The van der Waals surface area contributed by atoms with Gasteiger partial charge in [0.15, 0.2) is 0 Å². The molecule has 1 aliphatic heterocycles. The highest BCUT2D eigenvalue weighted by atomic mass is 35.5. The zero-order chi connectivity index (χ0) is 10.8. The first-order valence-corrected chi connectivity index (χ1v) is 6.20. The van der Waals surface area contributed by atoms with Crippen molar-refractivity contribution in [2.24, 2.45) is 11.7 Å². The van der Waals surface area contributed by atoms with Crippen LogP contribution in [-0.2, 0) is 0 Å². The van der Waals surface area contributed by atoms with E-state index in [9.17, 15) is 4.79 Å². The van der Waals surface area contributed by atoms with Crippen LogP contribution >= 0.6 is 23.7 Å². The Morgan fingerprint density at radius 3 is 2.94 bits per heavy atom. The molecule has 2 atom stereocenters. The van der Waals surface area contributed by atoms with Crippen molar-refractivity contribution in [3.8, 4) is 0 Å². The Morgan fingerprint density at radius 2 is 2.44 bits per heavy atom. The first kappa shape index (κ1) is 13.5. The number of hydrogen-bond donors (Lipinski definition) is 1. The van der Waals surface area contributed by atoms with Crippen LogP contribution in [0.2, 0.25) is 0 Å². The number of halogens is 1. The Hall–Kier alpha value is -0.580. The van der Waals surface area contributed by atoms with Gasteiger partial charge in [0.1, 0.15) is 0 Å². The van der Waals surface area contributed by atoms with Crippen molar-refractivity contribution in [1.82, 2.24) is 4.90 Å². The van der Waals surface area contributed by atoms with Crippen molar-refractivity contribution in [3.63, 3.8) is 0 Å². The van der Waals surface area contributed by atoms with Crippen LogP contribution in [0.25, 0.3) is 0 Å². The molecule has 1 saturated heterocycles. The summed E-state index contributed by atoms with van der Waals surface area (Å²) in [5, 5.41) is 3.84. The summed E-state index contributed by atoms with van der Waals surface area (Å²) in [6.07, 6.45) is 1.04. The molecular weight excluding hydrogens is 244 g/mol. The lowest BCUT2D eigenvalue weighted by atomic mass is 10.0. The van der Waals surface area contributed by atoms with Gasteiger partial charge in [-0.15, -0.1) is 12.4 Å². The number of amides is 1. The highest BCUT2D eigenvalue weighted by molar-refractivity contribution is 7.08. The molecule has 2 heterocycles. The topological polar surface area (TPSA) is 46.3 Å². The Morgan fingerprint density at radius 1 is 1.69 bits per heavy atom. The molecule has 0 saturated carbocycles. The van der Waals surface area contributed by atoms with Gasteiger partial charge >= 0.3 is 0 Å². The Bertz CT molecular complexity index is 340. The second-order valence-electron chi connectivity index (χ2n) is 4.17. The quantitative estimate of drug-likeness (QED) is 0.884. The maximum Gasteiger partial charge on any atom is 0.254 e. The fraction of sp³-hybridized carbons (Fsp3) is 0.545. The molecular formula is C11H17ClN2OS. The summed E-state index contributed by atoms with van der Waals surface area (Å²) in [5.74, 6) is 0.618. The van der Waals surface area contributed by atoms with E-state index in [-0.39, 0.29) is 24.4 Å². The second-order valence-corrected chi connectivity index (χ2v) is 4.95. The van der Waals surface area contributed by atoms with Crippen molar-refractivity contribution in [3.05, 3.63) is 22.4 Å². The first-order valence-electron chi connectivity index (χ1n) is 5.25. The van der Waals surface area contributed by atoms with Crippen LogP contribution in [-0.4, -0.2) is 29.9 Å². The molecule has 0 radical (unpaired) electrons. The lowest BCUT2D eigenvalue weighted by molar-refractivity contribution is 0.0786. The maximum absolute atomic E-state index is 12.0. The summed E-state index contributed by atoms with van der Waals surface area (Å²) in [6.45, 7) is 3.68. The van der Waals surface area contributed by atoms with Crippen LogP contribution in [0.5, 0.6) is 0 Å². The minimum atomic E-state index is 0. The van der Waals surface area contributed by atoms with Crippen molar-refractivity contribution in [2.75, 3.05) is 13.1 Å². The largest absolute Gasteiger partial charge is 0.338 e. The van der Waals surface area contributed by atoms with Gasteiger partial charge in [-0.2, -0.15) is 11.3 Å². The van der Waals surface area contributed by atoms with Gasteiger partial charge in [0.25, 0.3) is 5.91 Å². The van der Waals surface area contributed by atoms with Crippen LogP contribution in [0.3, 0.4) is 0 Å². The van der Waals surface area contributed by atoms with Crippen LogP contribution in [0.4, 0.5) is 0 Å². The molecule has 16 heavy (non-hydrogen) atoms. The molecule has 0 aromatic carbocycles. The first-order chi connectivity index (χ1) is 7.18. The number of thiophene rings is 1. The number of nitrogens with zero attached hydrogens (tertiary/aromatic N) is 1. The van der Waals surface area contributed by atoms with Gasteiger partial charge in [-0.05, 0) is 30.7 Å². The Kier molecular flexibility index (Phi) is 4.77. The number of hydrogen-bond acceptors (Lipinski definition) is 3. The van der Waals surface area contributed by atoms with Gasteiger partial charge < -0.3 is 10.6 Å². The predicted octanol–water partition coefficient (Wildman–Crippen LogP) is 1.98. The number of carbonyl (C=O) groups is 1. The normalized spacial score (nSPS) is 21.6. The van der Waals surface area contributed by atoms with E-state index in [1.54, 1.807) is 11.3 Å². The number of rotatable bonds is 2. The van der Waals surface area contributed by atoms with E-state index in [4.69, 9.17) is 5.73 Å². The number of likely N-dealkylation sites (tertiary alicyclic amines) is 1. The van der Waals surface area contributed by atoms with Crippen LogP contribution in [0.1, 0.15) is 23.7 Å². The SMILES string of the molecule is CC(N)C1CCN(C(=O)c2ccsc2)C1.Cl. The monoisotopic (exact) mass is 260 g/mol. The van der Waals surface area contributed by atoms with Crippen molar-refractivity contribution < 1.29 is 4.79 Å². The Balaban J connectivity index is 0.00000128. The average molecular weight is 261 g/mol. The summed E-state index contributed by atoms with van der Waals surface area (Å²) >= 11 is 1.56. The molecule has 0 aliphatic carbocycles. The van der Waals surface area contributed by atoms with Crippen molar-refractivity contribution in [2.45, 2.75) is 19.4 Å². The summed E-state index contributed by atoms with van der Waals surface area (Å²) in [4.78, 5) is 13.9. The molecule has 1 aliphatic rings. The maximum atomic E-state index is 12.0. The van der Waals surface area contributed by atoms with Gasteiger partial charge in [-0.3, -0.25) is 4.79 Å². The highest BCUT2D eigenvalue weighted by Gasteiger charge is 2.28. The molecule has 2 unspecified atom stereocenters. The van der Waals surface area contributed by atoms with Gasteiger partial charge in [0, 0.05) is 24.5 Å². The molecule has 1 aromatic heterocycles. The minimum absolute atomic E-state index is 0. The fourth-order valence-electron chi connectivity index (χ4n) is 1.97. The molecule has 90 valence electrons. The third-order valence-corrected chi connectivity index (χ3v) is 3.71. The van der Waals surface area contributed by atoms with Gasteiger partial charge in [0.05, 0.1) is 5.56 Å². The third kappa shape index (κ3) is 2.75.